The molecule has 0 bridgehead atoms. The topological polar surface area (TPSA) is 9.23 Å². The summed E-state index contributed by atoms with van der Waals surface area (Å²) < 4.78 is 50.3. The van der Waals surface area contributed by atoms with Gasteiger partial charge in [-0.2, -0.15) is 0 Å². The van der Waals surface area contributed by atoms with E-state index >= 15 is 0 Å². The highest BCUT2D eigenvalue weighted by Crippen LogP contribution is 2.35. The molecule has 1 aliphatic heterocycles. The Balaban J connectivity index is 1.74. The summed E-state index contributed by atoms with van der Waals surface area (Å²) in [6.45, 7) is 4.67. The van der Waals surface area contributed by atoms with E-state index in [1.807, 2.05) is 6.07 Å². The highest BCUT2D eigenvalue weighted by molar-refractivity contribution is 5.66. The molecular formula is C26H33F3O. The Labute approximate surface area is 178 Å². The van der Waals surface area contributed by atoms with E-state index in [9.17, 15) is 13.2 Å². The van der Waals surface area contributed by atoms with E-state index in [2.05, 4.69) is 13.8 Å². The molecule has 4 heteroatoms. The molecule has 3 rings (SSSR count). The molecule has 2 aromatic carbocycles. The molecule has 1 heterocycles. The molecule has 2 atom stereocenters. The van der Waals surface area contributed by atoms with Crippen LogP contribution in [0.5, 0.6) is 0 Å². The molecule has 1 saturated heterocycles. The third kappa shape index (κ3) is 5.46. The summed E-state index contributed by atoms with van der Waals surface area (Å²) in [7, 11) is 0. The van der Waals surface area contributed by atoms with Crippen molar-refractivity contribution in [2.45, 2.75) is 83.7 Å². The number of halogens is 3. The monoisotopic (exact) mass is 418 g/mol. The Hall–Kier alpha value is -1.81. The van der Waals surface area contributed by atoms with Gasteiger partial charge in [0.25, 0.3) is 0 Å². The molecular weight excluding hydrogens is 385 g/mol. The fraction of sp³-hybridized carbons (Fsp3) is 0.538. The maximum absolute atomic E-state index is 14.9. The van der Waals surface area contributed by atoms with Gasteiger partial charge < -0.3 is 4.74 Å². The van der Waals surface area contributed by atoms with Crippen molar-refractivity contribution in [2.24, 2.45) is 0 Å². The summed E-state index contributed by atoms with van der Waals surface area (Å²) in [5.41, 5.74) is 1.31. The number of ether oxygens (including phenoxy) is 1. The molecule has 0 radical (unpaired) electrons. The van der Waals surface area contributed by atoms with Crippen molar-refractivity contribution in [3.05, 3.63) is 58.9 Å². The van der Waals surface area contributed by atoms with Crippen LogP contribution in [0.3, 0.4) is 0 Å². The van der Waals surface area contributed by atoms with Crippen LogP contribution in [0.2, 0.25) is 0 Å². The van der Waals surface area contributed by atoms with Gasteiger partial charge in [0.2, 0.25) is 0 Å². The second kappa shape index (κ2) is 11.0. The average Bonchev–Trinajstić information content (AvgIpc) is 2.75. The van der Waals surface area contributed by atoms with Crippen LogP contribution in [0.1, 0.15) is 82.3 Å². The molecule has 0 amide bonds. The lowest BCUT2D eigenvalue weighted by Gasteiger charge is -2.29. The van der Waals surface area contributed by atoms with Crippen LogP contribution in [0.25, 0.3) is 11.1 Å². The number of rotatable bonds is 9. The minimum atomic E-state index is -0.974. The normalized spacial score (nSPS) is 19.2. The molecule has 2 unspecified atom stereocenters. The van der Waals surface area contributed by atoms with Gasteiger partial charge in [-0.1, -0.05) is 63.8 Å². The summed E-state index contributed by atoms with van der Waals surface area (Å²) in [6.07, 6.45) is 9.11. The first kappa shape index (κ1) is 22.9. The third-order valence-corrected chi connectivity index (χ3v) is 6.19. The van der Waals surface area contributed by atoms with Crippen LogP contribution < -0.4 is 0 Å². The molecule has 0 saturated carbocycles. The van der Waals surface area contributed by atoms with Gasteiger partial charge in [-0.25, -0.2) is 13.2 Å². The van der Waals surface area contributed by atoms with E-state index < -0.39 is 17.5 Å². The zero-order valence-electron chi connectivity index (χ0n) is 18.2. The third-order valence-electron chi connectivity index (χ3n) is 6.19. The first-order chi connectivity index (χ1) is 14.5. The molecule has 0 spiro atoms. The van der Waals surface area contributed by atoms with Crippen molar-refractivity contribution in [3.8, 4) is 11.1 Å². The standard InChI is InChI=1S/C26H33F3O/c1-3-5-7-8-18-10-13-22(24(27)16-18)23-15-14-21(25(28)26(23)29)19-11-12-20(30-17-19)9-6-4-2/h10,13-16,19-20H,3-9,11-12,17H2,1-2H3. The highest BCUT2D eigenvalue weighted by atomic mass is 19.2. The number of hydrogen-bond acceptors (Lipinski definition) is 1. The SMILES string of the molecule is CCCCCc1ccc(-c2ccc(C3CCC(CCCC)OC3)c(F)c2F)c(F)c1. The van der Waals surface area contributed by atoms with E-state index in [0.717, 1.165) is 63.4 Å². The van der Waals surface area contributed by atoms with Crippen molar-refractivity contribution in [2.75, 3.05) is 6.61 Å². The largest absolute Gasteiger partial charge is 0.378 e. The van der Waals surface area contributed by atoms with Crippen LogP contribution in [0.4, 0.5) is 13.2 Å². The van der Waals surface area contributed by atoms with Crippen LogP contribution >= 0.6 is 0 Å². The molecule has 2 aromatic rings. The van der Waals surface area contributed by atoms with Crippen molar-refractivity contribution in [1.82, 2.24) is 0 Å². The molecule has 0 aliphatic carbocycles. The maximum atomic E-state index is 14.9. The molecule has 164 valence electrons. The van der Waals surface area contributed by atoms with Crippen LogP contribution in [0, 0.1) is 17.5 Å². The average molecular weight is 419 g/mol. The number of benzene rings is 2. The molecule has 0 N–H and O–H groups in total. The Morgan fingerprint density at radius 1 is 0.867 bits per heavy atom. The Bertz CT molecular complexity index is 825. The second-order valence-electron chi connectivity index (χ2n) is 8.47. The predicted molar refractivity (Wildman–Crippen MR) is 116 cm³/mol. The van der Waals surface area contributed by atoms with Crippen molar-refractivity contribution >= 4 is 0 Å². The summed E-state index contributed by atoms with van der Waals surface area (Å²) in [4.78, 5) is 0. The van der Waals surface area contributed by atoms with E-state index in [0.29, 0.717) is 12.2 Å². The lowest BCUT2D eigenvalue weighted by atomic mass is 9.88. The summed E-state index contributed by atoms with van der Waals surface area (Å²) >= 11 is 0. The Morgan fingerprint density at radius 2 is 1.63 bits per heavy atom. The first-order valence-electron chi connectivity index (χ1n) is 11.4. The summed E-state index contributed by atoms with van der Waals surface area (Å²) in [6, 6.07) is 7.93. The maximum Gasteiger partial charge on any atom is 0.167 e. The van der Waals surface area contributed by atoms with Crippen LogP contribution in [-0.2, 0) is 11.2 Å². The van der Waals surface area contributed by atoms with E-state index in [4.69, 9.17) is 4.74 Å². The van der Waals surface area contributed by atoms with Gasteiger partial charge in [0.15, 0.2) is 11.6 Å². The molecule has 0 aromatic heterocycles. The highest BCUT2D eigenvalue weighted by Gasteiger charge is 2.27. The summed E-state index contributed by atoms with van der Waals surface area (Å²) in [5, 5.41) is 0. The van der Waals surface area contributed by atoms with Gasteiger partial charge in [-0.05, 0) is 49.3 Å². The smallest absolute Gasteiger partial charge is 0.167 e. The van der Waals surface area contributed by atoms with Gasteiger partial charge in [0, 0.05) is 17.0 Å². The predicted octanol–water partition coefficient (Wildman–Crippen LogP) is 7.96. The van der Waals surface area contributed by atoms with E-state index in [-0.39, 0.29) is 23.1 Å². The lowest BCUT2D eigenvalue weighted by Crippen LogP contribution is -2.25. The zero-order valence-corrected chi connectivity index (χ0v) is 18.2. The molecule has 30 heavy (non-hydrogen) atoms. The van der Waals surface area contributed by atoms with E-state index in [1.54, 1.807) is 12.1 Å². The molecule has 1 fully saturated rings. The number of unbranched alkanes of at least 4 members (excludes halogenated alkanes) is 3. The number of aryl methyl sites for hydroxylation is 1. The molecule has 1 nitrogen and oxygen atoms in total. The van der Waals surface area contributed by atoms with Crippen LogP contribution in [0.15, 0.2) is 30.3 Å². The Morgan fingerprint density at radius 3 is 2.30 bits per heavy atom. The zero-order chi connectivity index (χ0) is 21.5. The number of hydrogen-bond donors (Lipinski definition) is 0. The first-order valence-corrected chi connectivity index (χ1v) is 11.4. The van der Waals surface area contributed by atoms with Crippen molar-refractivity contribution < 1.29 is 17.9 Å². The van der Waals surface area contributed by atoms with Gasteiger partial charge >= 0.3 is 0 Å². The van der Waals surface area contributed by atoms with Crippen molar-refractivity contribution in [3.63, 3.8) is 0 Å². The summed E-state index contributed by atoms with van der Waals surface area (Å²) in [5.74, 6) is -2.51. The molecule has 1 aliphatic rings. The lowest BCUT2D eigenvalue weighted by molar-refractivity contribution is -0.00258. The second-order valence-corrected chi connectivity index (χ2v) is 8.47. The van der Waals surface area contributed by atoms with E-state index in [1.165, 1.54) is 12.1 Å². The van der Waals surface area contributed by atoms with Gasteiger partial charge in [-0.15, -0.1) is 0 Å². The van der Waals surface area contributed by atoms with Crippen LogP contribution in [-0.4, -0.2) is 12.7 Å². The van der Waals surface area contributed by atoms with Gasteiger partial charge in [0.1, 0.15) is 5.82 Å². The fourth-order valence-corrected chi connectivity index (χ4v) is 4.31. The Kier molecular flexibility index (Phi) is 8.38. The van der Waals surface area contributed by atoms with Crippen molar-refractivity contribution in [1.29, 1.82) is 0 Å². The fourth-order valence-electron chi connectivity index (χ4n) is 4.31. The quantitative estimate of drug-likeness (QED) is 0.375. The minimum absolute atomic E-state index is 0.0218. The van der Waals surface area contributed by atoms with Gasteiger partial charge in [-0.3, -0.25) is 0 Å². The minimum Gasteiger partial charge on any atom is -0.378 e. The van der Waals surface area contributed by atoms with Gasteiger partial charge in [0.05, 0.1) is 12.7 Å².